The Hall–Kier alpha value is -4.14. The van der Waals surface area contributed by atoms with Crippen molar-refractivity contribution >= 4 is 17.4 Å². The number of nitrogens with zero attached hydrogens (tertiary/aromatic N) is 2. The van der Waals surface area contributed by atoms with Crippen LogP contribution >= 0.6 is 0 Å². The second-order valence-electron chi connectivity index (χ2n) is 10.7. The van der Waals surface area contributed by atoms with Crippen LogP contribution in [0.5, 0.6) is 11.5 Å². The van der Waals surface area contributed by atoms with Crippen molar-refractivity contribution in [2.24, 2.45) is 0 Å². The predicted molar refractivity (Wildman–Crippen MR) is 154 cm³/mol. The van der Waals surface area contributed by atoms with Crippen LogP contribution in [0.25, 0.3) is 5.76 Å². The molecule has 0 aliphatic carbocycles. The summed E-state index contributed by atoms with van der Waals surface area (Å²) in [7, 11) is 0. The first-order valence-corrected chi connectivity index (χ1v) is 14.1. The monoisotopic (exact) mass is 554 g/mol. The summed E-state index contributed by atoms with van der Waals surface area (Å²) >= 11 is 0. The lowest BCUT2D eigenvalue weighted by molar-refractivity contribution is -0.140. The van der Waals surface area contributed by atoms with Gasteiger partial charge in [-0.2, -0.15) is 0 Å². The number of amides is 1. The van der Waals surface area contributed by atoms with Gasteiger partial charge in [0, 0.05) is 38.2 Å². The molecule has 8 heteroatoms. The molecule has 3 heterocycles. The van der Waals surface area contributed by atoms with E-state index in [1.165, 1.54) is 0 Å². The fourth-order valence-corrected chi connectivity index (χ4v) is 5.74. The van der Waals surface area contributed by atoms with Crippen LogP contribution in [-0.4, -0.2) is 72.1 Å². The summed E-state index contributed by atoms with van der Waals surface area (Å²) < 4.78 is 17.2. The number of hydrogen-bond donors (Lipinski definition) is 1. The minimum atomic E-state index is -0.720. The zero-order valence-electron chi connectivity index (χ0n) is 23.1. The fraction of sp³-hybridized carbons (Fsp3) is 0.333. The number of aliphatic hydroxyl groups is 1. The molecule has 1 amide bonds. The number of aliphatic hydroxyl groups excluding tert-OH is 1. The molecule has 6 rings (SSSR count). The maximum atomic E-state index is 13.5. The zero-order chi connectivity index (χ0) is 28.3. The van der Waals surface area contributed by atoms with Crippen molar-refractivity contribution in [1.82, 2.24) is 9.80 Å². The minimum absolute atomic E-state index is 0.0517. The lowest BCUT2D eigenvalue weighted by Crippen LogP contribution is -2.42. The molecule has 0 radical (unpaired) electrons. The van der Waals surface area contributed by atoms with Gasteiger partial charge in [-0.3, -0.25) is 14.5 Å². The van der Waals surface area contributed by atoms with E-state index in [9.17, 15) is 14.7 Å². The Kier molecular flexibility index (Phi) is 7.76. The third-order valence-corrected chi connectivity index (χ3v) is 7.91. The summed E-state index contributed by atoms with van der Waals surface area (Å²) in [5.74, 6) is 0.00331. The molecule has 0 spiro atoms. The lowest BCUT2D eigenvalue weighted by atomic mass is 9.94. The molecule has 0 bridgehead atoms. The van der Waals surface area contributed by atoms with Crippen LogP contribution in [0.4, 0.5) is 0 Å². The average Bonchev–Trinajstić information content (AvgIpc) is 3.50. The molecular formula is C33H34N2O6. The molecular weight excluding hydrogens is 520 g/mol. The van der Waals surface area contributed by atoms with E-state index in [-0.39, 0.29) is 17.4 Å². The Balaban J connectivity index is 1.31. The first-order chi connectivity index (χ1) is 20.0. The van der Waals surface area contributed by atoms with Crippen molar-refractivity contribution in [3.05, 3.63) is 101 Å². The zero-order valence-corrected chi connectivity index (χ0v) is 23.1. The van der Waals surface area contributed by atoms with Crippen molar-refractivity contribution in [1.29, 1.82) is 0 Å². The maximum absolute atomic E-state index is 13.5. The first kappa shape index (κ1) is 27.1. The standard InChI is InChI=1S/C33H34N2O6/c1-22-19-26-20-25(9-12-28(26)41-22)31(36)29-30(35(33(38)32(29)37)14-13-34-15-17-39-18-16-34)24-7-10-27(11-8-24)40-21-23-5-3-2-4-6-23/h2-12,20,22,30,36H,13-19,21H2,1H3. The van der Waals surface area contributed by atoms with Crippen LogP contribution in [0.15, 0.2) is 78.4 Å². The molecule has 2 saturated heterocycles. The second-order valence-corrected chi connectivity index (χ2v) is 10.7. The van der Waals surface area contributed by atoms with Gasteiger partial charge in [0.25, 0.3) is 11.7 Å². The third-order valence-electron chi connectivity index (χ3n) is 7.91. The Morgan fingerprint density at radius 3 is 2.49 bits per heavy atom. The van der Waals surface area contributed by atoms with Gasteiger partial charge in [-0.15, -0.1) is 0 Å². The quantitative estimate of drug-likeness (QED) is 0.252. The molecule has 2 unspecified atom stereocenters. The number of carbonyl (C=O) groups is 2. The van der Waals surface area contributed by atoms with Crippen LogP contribution in [0.3, 0.4) is 0 Å². The number of benzene rings is 3. The molecule has 41 heavy (non-hydrogen) atoms. The third kappa shape index (κ3) is 5.71. The number of morpholine rings is 1. The van der Waals surface area contributed by atoms with Crippen molar-refractivity contribution in [3.63, 3.8) is 0 Å². The smallest absolute Gasteiger partial charge is 0.295 e. The number of fused-ring (bicyclic) bond motifs is 1. The molecule has 2 fully saturated rings. The molecule has 3 aliphatic rings. The number of hydrogen-bond acceptors (Lipinski definition) is 7. The highest BCUT2D eigenvalue weighted by atomic mass is 16.5. The second kappa shape index (κ2) is 11.8. The first-order valence-electron chi connectivity index (χ1n) is 14.1. The molecule has 1 N–H and O–H groups in total. The minimum Gasteiger partial charge on any atom is -0.507 e. The van der Waals surface area contributed by atoms with Crippen molar-refractivity contribution < 1.29 is 28.9 Å². The van der Waals surface area contributed by atoms with Crippen molar-refractivity contribution in [2.45, 2.75) is 32.1 Å². The van der Waals surface area contributed by atoms with E-state index in [4.69, 9.17) is 14.2 Å². The van der Waals surface area contributed by atoms with Crippen LogP contribution in [-0.2, 0) is 27.4 Å². The molecule has 0 saturated carbocycles. The van der Waals surface area contributed by atoms with Gasteiger partial charge in [0.05, 0.1) is 24.8 Å². The highest BCUT2D eigenvalue weighted by Crippen LogP contribution is 2.41. The predicted octanol–water partition coefficient (Wildman–Crippen LogP) is 4.34. The van der Waals surface area contributed by atoms with Gasteiger partial charge >= 0.3 is 0 Å². The molecule has 8 nitrogen and oxygen atoms in total. The molecule has 3 aromatic carbocycles. The Morgan fingerprint density at radius 2 is 1.73 bits per heavy atom. The van der Waals surface area contributed by atoms with Crippen molar-refractivity contribution in [3.8, 4) is 11.5 Å². The molecule has 3 aliphatic heterocycles. The molecule has 2 atom stereocenters. The lowest BCUT2D eigenvalue weighted by Gasteiger charge is -2.31. The van der Waals surface area contributed by atoms with E-state index in [2.05, 4.69) is 4.90 Å². The molecule has 0 aromatic heterocycles. The Bertz CT molecular complexity index is 1450. The van der Waals surface area contributed by atoms with Gasteiger partial charge in [-0.1, -0.05) is 42.5 Å². The summed E-state index contributed by atoms with van der Waals surface area (Å²) in [6.07, 6.45) is 0.772. The summed E-state index contributed by atoms with van der Waals surface area (Å²) in [5, 5.41) is 11.5. The largest absolute Gasteiger partial charge is 0.507 e. The summed E-state index contributed by atoms with van der Waals surface area (Å²) in [5.41, 5.74) is 3.36. The number of Topliss-reactive ketones (excluding diaryl/α,β-unsaturated/α-hetero) is 1. The summed E-state index contributed by atoms with van der Waals surface area (Å²) in [6.45, 7) is 6.23. The van der Waals surface area contributed by atoms with Crippen LogP contribution in [0.2, 0.25) is 0 Å². The van der Waals surface area contributed by atoms with Crippen LogP contribution < -0.4 is 9.47 Å². The Morgan fingerprint density at radius 1 is 0.976 bits per heavy atom. The number of ether oxygens (including phenoxy) is 3. The summed E-state index contributed by atoms with van der Waals surface area (Å²) in [6, 6.07) is 22.0. The number of likely N-dealkylation sites (tertiary alicyclic amines) is 1. The Labute approximate surface area is 239 Å². The van der Waals surface area contributed by atoms with Gasteiger partial charge in [0.2, 0.25) is 0 Å². The summed E-state index contributed by atoms with van der Waals surface area (Å²) in [4.78, 5) is 30.7. The van der Waals surface area contributed by atoms with E-state index in [1.54, 1.807) is 11.0 Å². The normalized spacial score (nSPS) is 22.0. The van der Waals surface area contributed by atoms with Crippen molar-refractivity contribution in [2.75, 3.05) is 39.4 Å². The molecule has 3 aromatic rings. The molecule has 212 valence electrons. The van der Waals surface area contributed by atoms with Crippen LogP contribution in [0, 0.1) is 0 Å². The topological polar surface area (TPSA) is 88.5 Å². The average molecular weight is 555 g/mol. The number of ketones is 1. The van der Waals surface area contributed by atoms with E-state index in [1.807, 2.05) is 73.7 Å². The number of rotatable bonds is 8. The van der Waals surface area contributed by atoms with Gasteiger partial charge in [0.1, 0.15) is 30.0 Å². The van der Waals surface area contributed by atoms with Crippen LogP contribution in [0.1, 0.15) is 35.2 Å². The van der Waals surface area contributed by atoms with E-state index in [0.29, 0.717) is 44.2 Å². The van der Waals surface area contributed by atoms with Gasteiger partial charge in [0.15, 0.2) is 0 Å². The maximum Gasteiger partial charge on any atom is 0.295 e. The fourth-order valence-electron chi connectivity index (χ4n) is 5.74. The van der Waals surface area contributed by atoms with Gasteiger partial charge in [-0.25, -0.2) is 0 Å². The SMILES string of the molecule is CC1Cc2cc(C(O)=C3C(=O)C(=O)N(CCN4CCOCC4)C3c3ccc(OCc4ccccc4)cc3)ccc2O1. The van der Waals surface area contributed by atoms with Gasteiger partial charge < -0.3 is 24.2 Å². The highest BCUT2D eigenvalue weighted by molar-refractivity contribution is 6.46. The van der Waals surface area contributed by atoms with E-state index >= 15 is 0 Å². The van der Waals surface area contributed by atoms with Gasteiger partial charge in [-0.05, 0) is 53.9 Å². The number of carbonyl (C=O) groups excluding carboxylic acids is 2. The van der Waals surface area contributed by atoms with E-state index < -0.39 is 17.7 Å². The highest BCUT2D eigenvalue weighted by Gasteiger charge is 2.46. The van der Waals surface area contributed by atoms with E-state index in [0.717, 1.165) is 42.0 Å².